The van der Waals surface area contributed by atoms with E-state index in [2.05, 4.69) is 46.3 Å². The predicted octanol–water partition coefficient (Wildman–Crippen LogP) is 3.22. The molecule has 1 fully saturated rings. The van der Waals surface area contributed by atoms with Crippen LogP contribution >= 0.6 is 11.3 Å². The SMILES string of the molecule is COC(=O)c1c(NC(=O)CN2CCN(Cc3ccc(C)cc3)CC2)sc(C)c1C. The lowest BCUT2D eigenvalue weighted by molar-refractivity contribution is -0.117. The Balaban J connectivity index is 1.51. The van der Waals surface area contributed by atoms with Crippen LogP contribution in [0.2, 0.25) is 0 Å². The Hall–Kier alpha value is -2.22. The zero-order chi connectivity index (χ0) is 21.0. The normalized spacial score (nSPS) is 15.3. The number of carbonyl (C=O) groups is 2. The summed E-state index contributed by atoms with van der Waals surface area (Å²) < 4.78 is 4.87. The number of ether oxygens (including phenoxy) is 1. The summed E-state index contributed by atoms with van der Waals surface area (Å²) in [5.74, 6) is -0.504. The Kier molecular flexibility index (Phi) is 7.05. The first-order chi connectivity index (χ1) is 13.9. The second-order valence-electron chi connectivity index (χ2n) is 7.57. The lowest BCUT2D eigenvalue weighted by atomic mass is 10.1. The molecule has 1 amide bonds. The minimum Gasteiger partial charge on any atom is -0.465 e. The number of piperazine rings is 1. The fourth-order valence-corrected chi connectivity index (χ4v) is 4.55. The predicted molar refractivity (Wildman–Crippen MR) is 117 cm³/mol. The van der Waals surface area contributed by atoms with Crippen LogP contribution in [0.4, 0.5) is 5.00 Å². The van der Waals surface area contributed by atoms with Crippen molar-refractivity contribution >= 4 is 28.2 Å². The molecule has 0 spiro atoms. The van der Waals surface area contributed by atoms with Gasteiger partial charge in [-0.05, 0) is 31.9 Å². The van der Waals surface area contributed by atoms with Crippen molar-refractivity contribution < 1.29 is 14.3 Å². The van der Waals surface area contributed by atoms with Gasteiger partial charge in [0.15, 0.2) is 0 Å². The van der Waals surface area contributed by atoms with Gasteiger partial charge in [-0.1, -0.05) is 29.8 Å². The van der Waals surface area contributed by atoms with Gasteiger partial charge in [-0.15, -0.1) is 11.3 Å². The van der Waals surface area contributed by atoms with Crippen molar-refractivity contribution in [1.82, 2.24) is 9.80 Å². The van der Waals surface area contributed by atoms with Crippen LogP contribution in [0.5, 0.6) is 0 Å². The molecule has 0 bridgehead atoms. The van der Waals surface area contributed by atoms with E-state index < -0.39 is 5.97 Å². The van der Waals surface area contributed by atoms with E-state index in [-0.39, 0.29) is 5.91 Å². The second-order valence-corrected chi connectivity index (χ2v) is 8.79. The number of methoxy groups -OCH3 is 1. The van der Waals surface area contributed by atoms with Gasteiger partial charge in [0.25, 0.3) is 0 Å². The summed E-state index contributed by atoms with van der Waals surface area (Å²) in [4.78, 5) is 30.2. The minimum atomic E-state index is -0.410. The number of carbonyl (C=O) groups excluding carboxylic acids is 2. The molecular formula is C22H29N3O3S. The molecule has 1 aliphatic heterocycles. The highest BCUT2D eigenvalue weighted by molar-refractivity contribution is 7.16. The van der Waals surface area contributed by atoms with Gasteiger partial charge in [-0.3, -0.25) is 14.6 Å². The average Bonchev–Trinajstić information content (AvgIpc) is 2.97. The van der Waals surface area contributed by atoms with E-state index in [4.69, 9.17) is 4.74 Å². The number of hydrogen-bond acceptors (Lipinski definition) is 6. The van der Waals surface area contributed by atoms with Gasteiger partial charge in [0.2, 0.25) is 5.91 Å². The van der Waals surface area contributed by atoms with E-state index in [0.717, 1.165) is 43.2 Å². The van der Waals surface area contributed by atoms with E-state index in [1.165, 1.54) is 29.6 Å². The molecule has 7 heteroatoms. The number of rotatable bonds is 6. The maximum atomic E-state index is 12.6. The van der Waals surface area contributed by atoms with E-state index >= 15 is 0 Å². The topological polar surface area (TPSA) is 61.9 Å². The largest absolute Gasteiger partial charge is 0.465 e. The Morgan fingerprint density at radius 2 is 1.66 bits per heavy atom. The smallest absolute Gasteiger partial charge is 0.341 e. The molecule has 1 aromatic heterocycles. The number of aryl methyl sites for hydroxylation is 2. The second kappa shape index (κ2) is 9.52. The Morgan fingerprint density at radius 3 is 2.28 bits per heavy atom. The summed E-state index contributed by atoms with van der Waals surface area (Å²) in [5, 5.41) is 3.49. The zero-order valence-corrected chi connectivity index (χ0v) is 18.4. The number of thiophene rings is 1. The molecule has 0 radical (unpaired) electrons. The molecule has 0 saturated carbocycles. The molecular weight excluding hydrogens is 386 g/mol. The van der Waals surface area contributed by atoms with Crippen LogP contribution in [-0.4, -0.2) is 61.5 Å². The van der Waals surface area contributed by atoms with Crippen LogP contribution < -0.4 is 5.32 Å². The van der Waals surface area contributed by atoms with E-state index in [1.54, 1.807) is 0 Å². The Bertz CT molecular complexity index is 868. The van der Waals surface area contributed by atoms with Crippen molar-refractivity contribution in [3.05, 3.63) is 51.4 Å². The summed E-state index contributed by atoms with van der Waals surface area (Å²) in [6.45, 7) is 10.8. The standard InChI is InChI=1S/C22H29N3O3S/c1-15-5-7-18(8-6-15)13-24-9-11-25(12-10-24)14-19(26)23-21-20(22(27)28-4)16(2)17(3)29-21/h5-8H,9-14H2,1-4H3,(H,23,26). The number of nitrogens with one attached hydrogen (secondary N) is 1. The number of anilines is 1. The minimum absolute atomic E-state index is 0.0941. The molecule has 1 N–H and O–H groups in total. The summed E-state index contributed by atoms with van der Waals surface area (Å²) in [6, 6.07) is 8.65. The molecule has 2 heterocycles. The van der Waals surface area contributed by atoms with Gasteiger partial charge >= 0.3 is 5.97 Å². The fourth-order valence-electron chi connectivity index (χ4n) is 3.49. The maximum Gasteiger partial charge on any atom is 0.341 e. The van der Waals surface area contributed by atoms with Crippen LogP contribution in [-0.2, 0) is 16.1 Å². The monoisotopic (exact) mass is 415 g/mol. The van der Waals surface area contributed by atoms with Crippen molar-refractivity contribution in [2.24, 2.45) is 0 Å². The highest BCUT2D eigenvalue weighted by atomic mass is 32.1. The number of amides is 1. The highest BCUT2D eigenvalue weighted by Crippen LogP contribution is 2.32. The molecule has 0 atom stereocenters. The first-order valence-corrected chi connectivity index (χ1v) is 10.7. The Morgan fingerprint density at radius 1 is 1.03 bits per heavy atom. The van der Waals surface area contributed by atoms with Gasteiger partial charge in [-0.25, -0.2) is 4.79 Å². The van der Waals surface area contributed by atoms with Gasteiger partial charge in [0.05, 0.1) is 19.2 Å². The quantitative estimate of drug-likeness (QED) is 0.734. The molecule has 0 aliphatic carbocycles. The first kappa shape index (κ1) is 21.5. The zero-order valence-electron chi connectivity index (χ0n) is 17.6. The molecule has 0 unspecified atom stereocenters. The third-order valence-electron chi connectivity index (χ3n) is 5.39. The molecule has 156 valence electrons. The fraction of sp³-hybridized carbons (Fsp3) is 0.455. The molecule has 29 heavy (non-hydrogen) atoms. The van der Waals surface area contributed by atoms with Crippen molar-refractivity contribution in [3.8, 4) is 0 Å². The van der Waals surface area contributed by atoms with Crippen molar-refractivity contribution in [2.75, 3.05) is 45.2 Å². The average molecular weight is 416 g/mol. The number of benzene rings is 1. The van der Waals surface area contributed by atoms with Crippen molar-refractivity contribution in [1.29, 1.82) is 0 Å². The third-order valence-corrected chi connectivity index (χ3v) is 6.51. The van der Waals surface area contributed by atoms with Gasteiger partial charge in [0.1, 0.15) is 5.00 Å². The number of esters is 1. The molecule has 1 aromatic carbocycles. The highest BCUT2D eigenvalue weighted by Gasteiger charge is 2.23. The number of hydrogen-bond donors (Lipinski definition) is 1. The van der Waals surface area contributed by atoms with Crippen LogP contribution in [0.1, 0.15) is 31.9 Å². The lowest BCUT2D eigenvalue weighted by Crippen LogP contribution is -2.48. The third kappa shape index (κ3) is 5.44. The van der Waals surface area contributed by atoms with Crippen LogP contribution in [0, 0.1) is 20.8 Å². The van der Waals surface area contributed by atoms with E-state index in [0.29, 0.717) is 17.1 Å². The molecule has 2 aromatic rings. The van der Waals surface area contributed by atoms with Crippen LogP contribution in [0.3, 0.4) is 0 Å². The molecule has 1 aliphatic rings. The molecule has 6 nitrogen and oxygen atoms in total. The van der Waals surface area contributed by atoms with Crippen molar-refractivity contribution in [2.45, 2.75) is 27.3 Å². The van der Waals surface area contributed by atoms with Crippen LogP contribution in [0.25, 0.3) is 0 Å². The van der Waals surface area contributed by atoms with Crippen molar-refractivity contribution in [3.63, 3.8) is 0 Å². The lowest BCUT2D eigenvalue weighted by Gasteiger charge is -2.34. The molecule has 3 rings (SSSR count). The molecule has 1 saturated heterocycles. The van der Waals surface area contributed by atoms with E-state index in [1.807, 2.05) is 13.8 Å². The summed E-state index contributed by atoms with van der Waals surface area (Å²) in [6.07, 6.45) is 0. The summed E-state index contributed by atoms with van der Waals surface area (Å²) in [5.41, 5.74) is 3.92. The Labute approximate surface area is 176 Å². The first-order valence-electron chi connectivity index (χ1n) is 9.85. The van der Waals surface area contributed by atoms with Gasteiger partial charge < -0.3 is 10.1 Å². The number of nitrogens with zero attached hydrogens (tertiary/aromatic N) is 2. The maximum absolute atomic E-state index is 12.6. The van der Waals surface area contributed by atoms with Gasteiger partial charge in [0, 0.05) is 37.6 Å². The summed E-state index contributed by atoms with van der Waals surface area (Å²) in [7, 11) is 1.36. The van der Waals surface area contributed by atoms with Gasteiger partial charge in [-0.2, -0.15) is 0 Å². The summed E-state index contributed by atoms with van der Waals surface area (Å²) >= 11 is 1.42. The van der Waals surface area contributed by atoms with Crippen LogP contribution in [0.15, 0.2) is 24.3 Å². The van der Waals surface area contributed by atoms with E-state index in [9.17, 15) is 9.59 Å².